The fourth-order valence-corrected chi connectivity index (χ4v) is 3.14. The van der Waals surface area contributed by atoms with Crippen molar-refractivity contribution in [3.63, 3.8) is 0 Å². The SMILES string of the molecule is CC(C)CC(CC(=O)O)C(=O)NC1Cc2ccccc2N(C)C1=O. The van der Waals surface area contributed by atoms with E-state index in [9.17, 15) is 14.4 Å². The standard InChI is InChI=1S/C18H24N2O4/c1-11(2)8-13(10-16(21)22)17(23)19-14-9-12-6-4-5-7-15(12)20(3)18(14)24/h4-7,11,13-14H,8-10H2,1-3H3,(H,19,23)(H,21,22). The van der Waals surface area contributed by atoms with Gasteiger partial charge in [0.05, 0.1) is 6.42 Å². The molecular formula is C18H24N2O4. The first-order valence-corrected chi connectivity index (χ1v) is 8.17. The summed E-state index contributed by atoms with van der Waals surface area (Å²) < 4.78 is 0. The summed E-state index contributed by atoms with van der Waals surface area (Å²) in [6.45, 7) is 3.88. The number of aliphatic carboxylic acids is 1. The Hall–Kier alpha value is -2.37. The molecule has 24 heavy (non-hydrogen) atoms. The summed E-state index contributed by atoms with van der Waals surface area (Å²) >= 11 is 0. The van der Waals surface area contributed by atoms with E-state index in [0.717, 1.165) is 11.3 Å². The minimum Gasteiger partial charge on any atom is -0.481 e. The Morgan fingerprint density at radius 3 is 2.62 bits per heavy atom. The molecule has 0 aromatic heterocycles. The van der Waals surface area contributed by atoms with Crippen molar-refractivity contribution in [2.75, 3.05) is 11.9 Å². The van der Waals surface area contributed by atoms with E-state index >= 15 is 0 Å². The minimum absolute atomic E-state index is 0.180. The second-order valence-corrected chi connectivity index (χ2v) is 6.72. The van der Waals surface area contributed by atoms with Crippen molar-refractivity contribution >= 4 is 23.5 Å². The first-order valence-electron chi connectivity index (χ1n) is 8.17. The van der Waals surface area contributed by atoms with Crippen LogP contribution in [0.4, 0.5) is 5.69 Å². The van der Waals surface area contributed by atoms with Crippen molar-refractivity contribution in [2.45, 2.75) is 39.2 Å². The number of amides is 2. The number of nitrogens with one attached hydrogen (secondary N) is 1. The highest BCUT2D eigenvalue weighted by Crippen LogP contribution is 2.26. The molecule has 2 N–H and O–H groups in total. The zero-order valence-corrected chi connectivity index (χ0v) is 14.3. The Morgan fingerprint density at radius 1 is 1.33 bits per heavy atom. The van der Waals surface area contributed by atoms with Crippen LogP contribution in [0.25, 0.3) is 0 Å². The number of hydrogen-bond acceptors (Lipinski definition) is 3. The summed E-state index contributed by atoms with van der Waals surface area (Å²) in [6.07, 6.45) is 0.676. The molecule has 0 saturated heterocycles. The fraction of sp³-hybridized carbons (Fsp3) is 0.500. The van der Waals surface area contributed by atoms with Crippen LogP contribution in [0.15, 0.2) is 24.3 Å². The van der Waals surface area contributed by atoms with Crippen LogP contribution in [0, 0.1) is 11.8 Å². The van der Waals surface area contributed by atoms with Gasteiger partial charge in [-0.05, 0) is 24.0 Å². The predicted octanol–water partition coefficient (Wildman–Crippen LogP) is 1.83. The van der Waals surface area contributed by atoms with Crippen molar-refractivity contribution < 1.29 is 19.5 Å². The van der Waals surface area contributed by atoms with E-state index in [0.29, 0.717) is 12.8 Å². The van der Waals surface area contributed by atoms with E-state index in [-0.39, 0.29) is 24.2 Å². The van der Waals surface area contributed by atoms with Crippen molar-refractivity contribution in [1.82, 2.24) is 5.32 Å². The van der Waals surface area contributed by atoms with Crippen molar-refractivity contribution in [1.29, 1.82) is 0 Å². The number of fused-ring (bicyclic) bond motifs is 1. The molecular weight excluding hydrogens is 308 g/mol. The van der Waals surface area contributed by atoms with Gasteiger partial charge in [-0.15, -0.1) is 0 Å². The molecule has 6 heteroatoms. The molecule has 1 aliphatic rings. The van der Waals surface area contributed by atoms with Crippen LogP contribution in [-0.2, 0) is 20.8 Å². The van der Waals surface area contributed by atoms with Gasteiger partial charge in [0.2, 0.25) is 11.8 Å². The molecule has 2 atom stereocenters. The van der Waals surface area contributed by atoms with Crippen LogP contribution in [0.2, 0.25) is 0 Å². The summed E-state index contributed by atoms with van der Waals surface area (Å²) in [7, 11) is 1.68. The Bertz CT molecular complexity index is 642. The molecule has 2 amide bonds. The quantitative estimate of drug-likeness (QED) is 0.832. The minimum atomic E-state index is -1.01. The van der Waals surface area contributed by atoms with Gasteiger partial charge in [-0.2, -0.15) is 0 Å². The first kappa shape index (κ1) is 18.0. The number of benzene rings is 1. The predicted molar refractivity (Wildman–Crippen MR) is 90.7 cm³/mol. The number of anilines is 1. The molecule has 0 saturated carbocycles. The van der Waals surface area contributed by atoms with E-state index < -0.39 is 17.9 Å². The number of likely N-dealkylation sites (N-methyl/N-ethyl adjacent to an activating group) is 1. The van der Waals surface area contributed by atoms with Gasteiger partial charge in [0, 0.05) is 25.1 Å². The number of nitrogens with zero attached hydrogens (tertiary/aromatic N) is 1. The van der Waals surface area contributed by atoms with Crippen molar-refractivity contribution in [2.24, 2.45) is 11.8 Å². The summed E-state index contributed by atoms with van der Waals surface area (Å²) in [4.78, 5) is 37.5. The number of para-hydroxylation sites is 1. The van der Waals surface area contributed by atoms with Gasteiger partial charge in [0.25, 0.3) is 0 Å². The third-order valence-corrected chi connectivity index (χ3v) is 4.27. The second-order valence-electron chi connectivity index (χ2n) is 6.72. The fourth-order valence-electron chi connectivity index (χ4n) is 3.14. The zero-order valence-electron chi connectivity index (χ0n) is 14.3. The van der Waals surface area contributed by atoms with Crippen LogP contribution in [0.5, 0.6) is 0 Å². The number of carbonyl (C=O) groups is 3. The van der Waals surface area contributed by atoms with E-state index in [2.05, 4.69) is 5.32 Å². The summed E-state index contributed by atoms with van der Waals surface area (Å²) in [5.74, 6) is -1.98. The van der Waals surface area contributed by atoms with Crippen molar-refractivity contribution in [3.8, 4) is 0 Å². The number of carbonyl (C=O) groups excluding carboxylic acids is 2. The summed E-state index contributed by atoms with van der Waals surface area (Å²) in [6, 6.07) is 6.92. The van der Waals surface area contributed by atoms with Crippen LogP contribution in [0.1, 0.15) is 32.3 Å². The van der Waals surface area contributed by atoms with Crippen LogP contribution in [0.3, 0.4) is 0 Å². The molecule has 0 aliphatic carbocycles. The normalized spacial score (nSPS) is 18.2. The summed E-state index contributed by atoms with van der Waals surface area (Å²) in [5, 5.41) is 11.8. The third-order valence-electron chi connectivity index (χ3n) is 4.27. The maximum atomic E-state index is 12.5. The van der Waals surface area contributed by atoms with E-state index in [4.69, 9.17) is 5.11 Å². The molecule has 0 bridgehead atoms. The lowest BCUT2D eigenvalue weighted by Gasteiger charge is -2.32. The molecule has 0 radical (unpaired) electrons. The molecule has 1 heterocycles. The number of rotatable bonds is 6. The molecule has 0 fully saturated rings. The lowest BCUT2D eigenvalue weighted by Crippen LogP contribution is -2.53. The van der Waals surface area contributed by atoms with Gasteiger partial charge in [-0.3, -0.25) is 14.4 Å². The van der Waals surface area contributed by atoms with E-state index in [1.165, 1.54) is 0 Å². The number of carboxylic acid groups (broad SMARTS) is 1. The maximum Gasteiger partial charge on any atom is 0.304 e. The molecule has 1 aromatic rings. The van der Waals surface area contributed by atoms with E-state index in [1.54, 1.807) is 11.9 Å². The maximum absolute atomic E-state index is 12.5. The molecule has 6 nitrogen and oxygen atoms in total. The largest absolute Gasteiger partial charge is 0.481 e. The van der Waals surface area contributed by atoms with Gasteiger partial charge in [-0.1, -0.05) is 32.0 Å². The van der Waals surface area contributed by atoms with Gasteiger partial charge in [-0.25, -0.2) is 0 Å². The highest BCUT2D eigenvalue weighted by molar-refractivity contribution is 6.01. The Labute approximate surface area is 141 Å². The lowest BCUT2D eigenvalue weighted by atomic mass is 9.92. The second kappa shape index (κ2) is 7.47. The van der Waals surface area contributed by atoms with Gasteiger partial charge in [0.1, 0.15) is 6.04 Å². The smallest absolute Gasteiger partial charge is 0.304 e. The van der Waals surface area contributed by atoms with E-state index in [1.807, 2.05) is 38.1 Å². The Kier molecular flexibility index (Phi) is 5.59. The highest BCUT2D eigenvalue weighted by Gasteiger charge is 2.33. The Morgan fingerprint density at radius 2 is 2.00 bits per heavy atom. The van der Waals surface area contributed by atoms with Crippen LogP contribution < -0.4 is 10.2 Å². The number of hydrogen-bond donors (Lipinski definition) is 2. The van der Waals surface area contributed by atoms with Crippen LogP contribution >= 0.6 is 0 Å². The Balaban J connectivity index is 2.12. The molecule has 1 aliphatic heterocycles. The average molecular weight is 332 g/mol. The van der Waals surface area contributed by atoms with Crippen LogP contribution in [-0.4, -0.2) is 36.0 Å². The van der Waals surface area contributed by atoms with Gasteiger partial charge >= 0.3 is 5.97 Å². The third kappa shape index (κ3) is 4.13. The highest BCUT2D eigenvalue weighted by atomic mass is 16.4. The average Bonchev–Trinajstić information content (AvgIpc) is 2.50. The summed E-state index contributed by atoms with van der Waals surface area (Å²) in [5.41, 5.74) is 1.83. The molecule has 130 valence electrons. The molecule has 0 spiro atoms. The topological polar surface area (TPSA) is 86.7 Å². The van der Waals surface area contributed by atoms with Gasteiger partial charge in [0.15, 0.2) is 0 Å². The lowest BCUT2D eigenvalue weighted by molar-refractivity contribution is -0.141. The number of carboxylic acids is 1. The monoisotopic (exact) mass is 332 g/mol. The van der Waals surface area contributed by atoms with Crippen molar-refractivity contribution in [3.05, 3.63) is 29.8 Å². The first-order chi connectivity index (χ1) is 11.3. The zero-order chi connectivity index (χ0) is 17.9. The van der Waals surface area contributed by atoms with Gasteiger partial charge < -0.3 is 15.3 Å². The molecule has 2 unspecified atom stereocenters. The molecule has 1 aromatic carbocycles. The molecule has 2 rings (SSSR count).